The summed E-state index contributed by atoms with van der Waals surface area (Å²) in [6.07, 6.45) is -6.06. The maximum absolute atomic E-state index is 13.4. The number of halogens is 6. The van der Waals surface area contributed by atoms with E-state index in [0.717, 1.165) is 6.20 Å². The van der Waals surface area contributed by atoms with E-state index in [9.17, 15) is 31.4 Å². The lowest BCUT2D eigenvalue weighted by Gasteiger charge is -2.34. The lowest BCUT2D eigenvalue weighted by molar-refractivity contribution is -0.141. The zero-order valence-corrected chi connectivity index (χ0v) is 16.5. The number of anilines is 2. The molecule has 0 radical (unpaired) electrons. The highest BCUT2D eigenvalue weighted by molar-refractivity contribution is 5.49. The number of aliphatic hydroxyl groups is 1. The number of rotatable bonds is 5. The minimum absolute atomic E-state index is 0.192. The third-order valence-corrected chi connectivity index (χ3v) is 5.09. The Hall–Kier alpha value is -2.63. The van der Waals surface area contributed by atoms with Crippen molar-refractivity contribution >= 4 is 11.8 Å². The molecule has 2 aromatic heterocycles. The monoisotopic (exact) mass is 449 g/mol. The molecule has 170 valence electrons. The molecule has 0 unspecified atom stereocenters. The van der Waals surface area contributed by atoms with E-state index in [1.165, 1.54) is 12.1 Å². The molecule has 0 atom stereocenters. The summed E-state index contributed by atoms with van der Waals surface area (Å²) in [7, 11) is 0. The van der Waals surface area contributed by atoms with Crippen molar-refractivity contribution in [3.05, 3.63) is 41.3 Å². The van der Waals surface area contributed by atoms with E-state index in [1.54, 1.807) is 6.92 Å². The van der Waals surface area contributed by atoms with Crippen molar-refractivity contribution in [2.75, 3.05) is 10.6 Å². The van der Waals surface area contributed by atoms with Crippen LogP contribution in [-0.2, 0) is 18.9 Å². The average Bonchev–Trinajstić information content (AvgIpc) is 2.67. The summed E-state index contributed by atoms with van der Waals surface area (Å²) in [5, 5.41) is 15.3. The Kier molecular flexibility index (Phi) is 6.30. The molecule has 0 bridgehead atoms. The van der Waals surface area contributed by atoms with Gasteiger partial charge in [0.25, 0.3) is 0 Å². The summed E-state index contributed by atoms with van der Waals surface area (Å²) in [6, 6.07) is 2.20. The minimum atomic E-state index is -4.71. The molecule has 3 N–H and O–H groups in total. The Balaban J connectivity index is 1.79. The molecule has 0 aromatic carbocycles. The second kappa shape index (κ2) is 8.48. The van der Waals surface area contributed by atoms with Crippen LogP contribution in [0.3, 0.4) is 0 Å². The molecule has 2 aromatic rings. The summed E-state index contributed by atoms with van der Waals surface area (Å²) >= 11 is 0. The van der Waals surface area contributed by atoms with E-state index in [-0.39, 0.29) is 24.1 Å². The van der Waals surface area contributed by atoms with Crippen molar-refractivity contribution in [3.63, 3.8) is 0 Å². The first-order chi connectivity index (χ1) is 14.4. The maximum atomic E-state index is 13.4. The van der Waals surface area contributed by atoms with E-state index in [2.05, 4.69) is 25.6 Å². The number of aromatic nitrogens is 3. The molecule has 31 heavy (non-hydrogen) atoms. The molecule has 0 amide bonds. The van der Waals surface area contributed by atoms with Gasteiger partial charge in [0.05, 0.1) is 5.60 Å². The highest BCUT2D eigenvalue weighted by Gasteiger charge is 2.37. The Bertz CT molecular complexity index is 905. The molecule has 0 aliphatic heterocycles. The van der Waals surface area contributed by atoms with E-state index in [4.69, 9.17) is 0 Å². The number of alkyl halides is 6. The minimum Gasteiger partial charge on any atom is -0.390 e. The van der Waals surface area contributed by atoms with Gasteiger partial charge in [-0.25, -0.2) is 4.98 Å². The average molecular weight is 449 g/mol. The molecule has 1 fully saturated rings. The van der Waals surface area contributed by atoms with Crippen molar-refractivity contribution < 1.29 is 31.4 Å². The second-order valence-electron chi connectivity index (χ2n) is 7.73. The van der Waals surface area contributed by atoms with Crippen molar-refractivity contribution in [3.8, 4) is 0 Å². The fourth-order valence-electron chi connectivity index (χ4n) is 3.37. The molecule has 2 heterocycles. The van der Waals surface area contributed by atoms with Crippen LogP contribution in [0, 0.1) is 0 Å². The summed E-state index contributed by atoms with van der Waals surface area (Å²) < 4.78 is 79.3. The van der Waals surface area contributed by atoms with Gasteiger partial charge in [-0.15, -0.1) is 0 Å². The zero-order valence-electron chi connectivity index (χ0n) is 16.5. The summed E-state index contributed by atoms with van der Waals surface area (Å²) in [5.41, 5.74) is -3.22. The highest BCUT2D eigenvalue weighted by atomic mass is 19.4. The van der Waals surface area contributed by atoms with Crippen LogP contribution in [0.15, 0.2) is 24.5 Å². The van der Waals surface area contributed by atoms with E-state index >= 15 is 0 Å². The van der Waals surface area contributed by atoms with Crippen molar-refractivity contribution in [1.82, 2.24) is 15.0 Å². The number of hydrogen-bond donors (Lipinski definition) is 3. The summed E-state index contributed by atoms with van der Waals surface area (Å²) in [4.78, 5) is 10.8. The van der Waals surface area contributed by atoms with E-state index in [1.807, 2.05) is 0 Å². The predicted molar refractivity (Wildman–Crippen MR) is 100 cm³/mol. The van der Waals surface area contributed by atoms with Crippen molar-refractivity contribution in [2.24, 2.45) is 0 Å². The fourth-order valence-corrected chi connectivity index (χ4v) is 3.37. The Morgan fingerprint density at radius 2 is 1.77 bits per heavy atom. The Morgan fingerprint density at radius 1 is 1.10 bits per heavy atom. The molecule has 1 aliphatic carbocycles. The number of nitrogens with zero attached hydrogens (tertiary/aromatic N) is 3. The number of nitrogens with one attached hydrogen (secondary N) is 2. The Labute approximate surface area is 174 Å². The number of hydrogen-bond acceptors (Lipinski definition) is 6. The topological polar surface area (TPSA) is 83.0 Å². The maximum Gasteiger partial charge on any atom is 0.433 e. The highest BCUT2D eigenvalue weighted by Crippen LogP contribution is 2.36. The second-order valence-corrected chi connectivity index (χ2v) is 7.73. The van der Waals surface area contributed by atoms with E-state index < -0.39 is 35.0 Å². The van der Waals surface area contributed by atoms with Crippen LogP contribution in [0.5, 0.6) is 0 Å². The normalized spacial score (nSPS) is 22.3. The third-order valence-electron chi connectivity index (χ3n) is 5.09. The van der Waals surface area contributed by atoms with Gasteiger partial charge in [0.2, 0.25) is 5.95 Å². The standard InChI is InChI=1S/C19H21F6N5O/c1-17(31)6-4-12(5-7-17)29-15-13(18(20,21)22)10-28-16(30-15)27-9-11-3-2-8-26-14(11)19(23,24)25/h2-3,8,10,12,31H,4-7,9H2,1H3,(H2,27,28,29,30). The fraction of sp³-hybridized carbons (Fsp3) is 0.526. The van der Waals surface area contributed by atoms with Crippen LogP contribution < -0.4 is 10.6 Å². The summed E-state index contributed by atoms with van der Waals surface area (Å²) in [5.74, 6) is -0.714. The van der Waals surface area contributed by atoms with Gasteiger partial charge in [-0.3, -0.25) is 4.98 Å². The van der Waals surface area contributed by atoms with Gasteiger partial charge in [0.1, 0.15) is 17.1 Å². The van der Waals surface area contributed by atoms with Crippen LogP contribution in [0.4, 0.5) is 38.1 Å². The van der Waals surface area contributed by atoms with E-state index in [0.29, 0.717) is 31.9 Å². The van der Waals surface area contributed by atoms with Crippen LogP contribution in [-0.4, -0.2) is 31.7 Å². The molecular formula is C19H21F6N5O. The number of pyridine rings is 1. The molecule has 0 spiro atoms. The molecule has 0 saturated heterocycles. The largest absolute Gasteiger partial charge is 0.433 e. The van der Waals surface area contributed by atoms with Crippen molar-refractivity contribution in [1.29, 1.82) is 0 Å². The van der Waals surface area contributed by atoms with Crippen molar-refractivity contribution in [2.45, 2.75) is 63.1 Å². The first-order valence-corrected chi connectivity index (χ1v) is 9.53. The SMILES string of the molecule is CC1(O)CCC(Nc2nc(NCc3cccnc3C(F)(F)F)ncc2C(F)(F)F)CC1. The first kappa shape index (κ1) is 23.0. The lowest BCUT2D eigenvalue weighted by Crippen LogP contribution is -2.36. The quantitative estimate of drug-likeness (QED) is 0.578. The Morgan fingerprint density at radius 3 is 2.39 bits per heavy atom. The lowest BCUT2D eigenvalue weighted by atomic mass is 9.83. The molecule has 1 aliphatic rings. The first-order valence-electron chi connectivity index (χ1n) is 9.53. The molecule has 3 rings (SSSR count). The zero-order chi connectivity index (χ0) is 22.9. The van der Waals surface area contributed by atoms with Gasteiger partial charge in [-0.05, 0) is 38.7 Å². The molecule has 1 saturated carbocycles. The van der Waals surface area contributed by atoms with Crippen LogP contribution in [0.2, 0.25) is 0 Å². The van der Waals surface area contributed by atoms with Crippen LogP contribution in [0.1, 0.15) is 49.4 Å². The van der Waals surface area contributed by atoms with Gasteiger partial charge in [0.15, 0.2) is 0 Å². The smallest absolute Gasteiger partial charge is 0.390 e. The molecular weight excluding hydrogens is 428 g/mol. The third kappa shape index (κ3) is 5.96. The van der Waals surface area contributed by atoms with Gasteiger partial charge in [0, 0.05) is 30.5 Å². The van der Waals surface area contributed by atoms with Crippen LogP contribution >= 0.6 is 0 Å². The summed E-state index contributed by atoms with van der Waals surface area (Å²) in [6.45, 7) is 1.30. The van der Waals surface area contributed by atoms with Gasteiger partial charge < -0.3 is 15.7 Å². The van der Waals surface area contributed by atoms with Gasteiger partial charge in [-0.2, -0.15) is 31.3 Å². The van der Waals surface area contributed by atoms with Crippen LogP contribution in [0.25, 0.3) is 0 Å². The predicted octanol–water partition coefficient (Wildman–Crippen LogP) is 4.63. The van der Waals surface area contributed by atoms with Gasteiger partial charge >= 0.3 is 12.4 Å². The van der Waals surface area contributed by atoms with Gasteiger partial charge in [-0.1, -0.05) is 6.07 Å². The molecule has 12 heteroatoms. The molecule has 6 nitrogen and oxygen atoms in total.